The Morgan fingerprint density at radius 1 is 1.38 bits per heavy atom. The molecule has 16 heavy (non-hydrogen) atoms. The number of anilines is 1. The summed E-state index contributed by atoms with van der Waals surface area (Å²) >= 11 is 1.42. The molecule has 1 aromatic rings. The molecule has 0 saturated carbocycles. The van der Waals surface area contributed by atoms with Crippen molar-refractivity contribution in [2.45, 2.75) is 32.6 Å². The van der Waals surface area contributed by atoms with Crippen LogP contribution in [0.2, 0.25) is 0 Å². The Morgan fingerprint density at radius 2 is 2.06 bits per heavy atom. The Morgan fingerprint density at radius 3 is 2.50 bits per heavy atom. The molecule has 1 aliphatic heterocycles. The van der Waals surface area contributed by atoms with Crippen molar-refractivity contribution in [1.82, 2.24) is 4.98 Å². The van der Waals surface area contributed by atoms with E-state index in [2.05, 4.69) is 25.8 Å². The van der Waals surface area contributed by atoms with Crippen LogP contribution in [0.25, 0.3) is 0 Å². The topological polar surface area (TPSA) is 50.3 Å². The van der Waals surface area contributed by atoms with Gasteiger partial charge in [-0.05, 0) is 0 Å². The average Bonchev–Trinajstić information content (AvgIpc) is 2.70. The summed E-state index contributed by atoms with van der Waals surface area (Å²) in [4.78, 5) is 28.6. The van der Waals surface area contributed by atoms with Gasteiger partial charge in [0.2, 0.25) is 5.91 Å². The van der Waals surface area contributed by atoms with Gasteiger partial charge in [0.1, 0.15) is 0 Å². The molecule has 1 fully saturated rings. The third-order valence-corrected chi connectivity index (χ3v) is 3.34. The molecule has 0 aromatic carbocycles. The molecule has 0 bridgehead atoms. The summed E-state index contributed by atoms with van der Waals surface area (Å²) < 4.78 is 0. The Labute approximate surface area is 98.3 Å². The van der Waals surface area contributed by atoms with E-state index in [1.807, 2.05) is 5.38 Å². The van der Waals surface area contributed by atoms with E-state index < -0.39 is 0 Å². The van der Waals surface area contributed by atoms with Crippen LogP contribution in [0.15, 0.2) is 5.38 Å². The summed E-state index contributed by atoms with van der Waals surface area (Å²) in [6.07, 6.45) is 0.0183. The van der Waals surface area contributed by atoms with Crippen molar-refractivity contribution in [3.63, 3.8) is 0 Å². The first-order valence-corrected chi connectivity index (χ1v) is 6.04. The van der Waals surface area contributed by atoms with Crippen molar-refractivity contribution in [3.05, 3.63) is 11.1 Å². The van der Waals surface area contributed by atoms with Crippen LogP contribution in [0.5, 0.6) is 0 Å². The summed E-state index contributed by atoms with van der Waals surface area (Å²) in [5.74, 6) is -0.169. The molecular weight excluding hydrogens is 224 g/mol. The Hall–Kier alpha value is -1.23. The van der Waals surface area contributed by atoms with Crippen LogP contribution in [0.3, 0.4) is 0 Å². The van der Waals surface area contributed by atoms with Gasteiger partial charge in [0.15, 0.2) is 10.9 Å². The number of carbonyl (C=O) groups excluding carboxylic acids is 2. The maximum Gasteiger partial charge on any atom is 0.236 e. The highest BCUT2D eigenvalue weighted by atomic mass is 32.1. The zero-order chi connectivity index (χ0) is 11.9. The van der Waals surface area contributed by atoms with Crippen LogP contribution in [0.4, 0.5) is 5.13 Å². The third-order valence-electron chi connectivity index (χ3n) is 2.48. The minimum atomic E-state index is -0.139. The molecule has 0 aliphatic carbocycles. The van der Waals surface area contributed by atoms with Crippen LogP contribution >= 0.6 is 11.3 Å². The standard InChI is InChI=1S/C11H14N2O2S/c1-11(2,3)8-6-16-10(12-8)13-5-7(14)4-9(13)15/h6H,4-5H2,1-3H3. The largest absolute Gasteiger partial charge is 0.297 e. The van der Waals surface area contributed by atoms with Gasteiger partial charge in [-0.15, -0.1) is 11.3 Å². The van der Waals surface area contributed by atoms with Crippen LogP contribution in [-0.4, -0.2) is 23.2 Å². The molecule has 4 nitrogen and oxygen atoms in total. The number of hydrogen-bond acceptors (Lipinski definition) is 4. The SMILES string of the molecule is CC(C)(C)c1csc(N2CC(=O)CC2=O)n1. The van der Waals surface area contributed by atoms with Crippen LogP contribution in [0.1, 0.15) is 32.9 Å². The fourth-order valence-electron chi connectivity index (χ4n) is 1.49. The zero-order valence-corrected chi connectivity index (χ0v) is 10.4. The predicted molar refractivity (Wildman–Crippen MR) is 62.8 cm³/mol. The number of amides is 1. The number of nitrogens with zero attached hydrogens (tertiary/aromatic N) is 2. The van der Waals surface area contributed by atoms with Gasteiger partial charge in [-0.1, -0.05) is 20.8 Å². The molecule has 1 saturated heterocycles. The lowest BCUT2D eigenvalue weighted by molar-refractivity contribution is -0.121. The minimum absolute atomic E-state index is 0.0183. The van der Waals surface area contributed by atoms with Crippen LogP contribution < -0.4 is 4.90 Å². The van der Waals surface area contributed by atoms with E-state index in [1.165, 1.54) is 16.2 Å². The van der Waals surface area contributed by atoms with Gasteiger partial charge in [-0.25, -0.2) is 4.98 Å². The molecule has 5 heteroatoms. The fourth-order valence-corrected chi connectivity index (χ4v) is 2.56. The highest BCUT2D eigenvalue weighted by Gasteiger charge is 2.31. The molecule has 2 heterocycles. The minimum Gasteiger partial charge on any atom is -0.297 e. The van der Waals surface area contributed by atoms with Gasteiger partial charge in [0.25, 0.3) is 0 Å². The van der Waals surface area contributed by atoms with Crippen LogP contribution in [0, 0.1) is 0 Å². The van der Waals surface area contributed by atoms with Crippen molar-refractivity contribution in [1.29, 1.82) is 0 Å². The Kier molecular flexibility index (Phi) is 2.58. The Bertz CT molecular complexity index is 445. The maximum atomic E-state index is 11.5. The number of aromatic nitrogens is 1. The molecule has 2 rings (SSSR count). The summed E-state index contributed by atoms with van der Waals surface area (Å²) in [5.41, 5.74) is 0.932. The van der Waals surface area contributed by atoms with Gasteiger partial charge in [0.05, 0.1) is 18.7 Å². The first-order valence-electron chi connectivity index (χ1n) is 5.16. The van der Waals surface area contributed by atoms with Crippen molar-refractivity contribution in [2.75, 3.05) is 11.4 Å². The summed E-state index contributed by atoms with van der Waals surface area (Å²) in [6.45, 7) is 6.39. The number of ketones is 1. The summed E-state index contributed by atoms with van der Waals surface area (Å²) in [7, 11) is 0. The van der Waals surface area contributed by atoms with E-state index in [0.717, 1.165) is 5.69 Å². The highest BCUT2D eigenvalue weighted by molar-refractivity contribution is 7.14. The molecule has 1 amide bonds. The number of thiazole rings is 1. The van der Waals surface area contributed by atoms with Crippen LogP contribution in [-0.2, 0) is 15.0 Å². The second-order valence-corrected chi connectivity index (χ2v) is 5.80. The van der Waals surface area contributed by atoms with Crippen molar-refractivity contribution in [3.8, 4) is 0 Å². The second kappa shape index (κ2) is 3.66. The molecule has 1 aliphatic rings. The third kappa shape index (κ3) is 2.00. The second-order valence-electron chi connectivity index (χ2n) is 4.96. The van der Waals surface area contributed by atoms with Gasteiger partial charge >= 0.3 is 0 Å². The number of rotatable bonds is 1. The molecule has 1 aromatic heterocycles. The molecular formula is C11H14N2O2S. The fraction of sp³-hybridized carbons (Fsp3) is 0.545. The quantitative estimate of drug-likeness (QED) is 0.700. The molecule has 0 N–H and O–H groups in total. The normalized spacial score (nSPS) is 17.3. The molecule has 0 spiro atoms. The van der Waals surface area contributed by atoms with Gasteiger partial charge < -0.3 is 0 Å². The first kappa shape index (κ1) is 11.3. The number of carbonyl (C=O) groups is 2. The Balaban J connectivity index is 2.26. The smallest absolute Gasteiger partial charge is 0.236 e. The lowest BCUT2D eigenvalue weighted by Crippen LogP contribution is -2.24. The van der Waals surface area contributed by atoms with Crippen molar-refractivity contribution >= 4 is 28.2 Å². The van der Waals surface area contributed by atoms with Gasteiger partial charge in [-0.2, -0.15) is 0 Å². The van der Waals surface area contributed by atoms with E-state index in [4.69, 9.17) is 0 Å². The van der Waals surface area contributed by atoms with Gasteiger partial charge in [-0.3, -0.25) is 14.5 Å². The molecule has 0 atom stereocenters. The van der Waals surface area contributed by atoms with E-state index in [1.54, 1.807) is 0 Å². The maximum absolute atomic E-state index is 11.5. The lowest BCUT2D eigenvalue weighted by atomic mass is 9.93. The molecule has 86 valence electrons. The lowest BCUT2D eigenvalue weighted by Gasteiger charge is -2.15. The summed E-state index contributed by atoms with van der Waals surface area (Å²) in [6, 6.07) is 0. The zero-order valence-electron chi connectivity index (χ0n) is 9.61. The van der Waals surface area contributed by atoms with Crippen molar-refractivity contribution in [2.24, 2.45) is 0 Å². The number of hydrogen-bond donors (Lipinski definition) is 0. The predicted octanol–water partition coefficient (Wildman–Crippen LogP) is 1.75. The van der Waals surface area contributed by atoms with Crippen molar-refractivity contribution < 1.29 is 9.59 Å². The monoisotopic (exact) mass is 238 g/mol. The number of Topliss-reactive ketones (excluding diaryl/α,β-unsaturated/α-hetero) is 1. The van der Waals surface area contributed by atoms with E-state index >= 15 is 0 Å². The first-order chi connectivity index (χ1) is 7.38. The average molecular weight is 238 g/mol. The highest BCUT2D eigenvalue weighted by Crippen LogP contribution is 2.30. The molecule has 0 radical (unpaired) electrons. The van der Waals surface area contributed by atoms with E-state index in [9.17, 15) is 9.59 Å². The van der Waals surface area contributed by atoms with E-state index in [-0.39, 0.29) is 30.1 Å². The summed E-state index contributed by atoms with van der Waals surface area (Å²) in [5, 5.41) is 2.59. The van der Waals surface area contributed by atoms with E-state index in [0.29, 0.717) is 5.13 Å². The van der Waals surface area contributed by atoms with Gasteiger partial charge in [0, 0.05) is 10.8 Å². The molecule has 0 unspecified atom stereocenters.